The molecule has 0 aliphatic heterocycles. The van der Waals surface area contributed by atoms with Crippen molar-refractivity contribution >= 4 is 5.95 Å². The van der Waals surface area contributed by atoms with Crippen LogP contribution in [0.3, 0.4) is 0 Å². The highest BCUT2D eigenvalue weighted by Gasteiger charge is 2.04. The maximum Gasteiger partial charge on any atom is 0.220 e. The molecule has 0 aliphatic carbocycles. The Labute approximate surface area is 101 Å². The third-order valence-electron chi connectivity index (χ3n) is 1.94. The van der Waals surface area contributed by atoms with Gasteiger partial charge in [-0.15, -0.1) is 0 Å². The SMILES string of the molecule is CC.CC.CCCc1c(C)nc(N)nc1C. The monoisotopic (exact) mass is 225 g/mol. The minimum Gasteiger partial charge on any atom is -0.368 e. The molecule has 0 bridgehead atoms. The Hall–Kier alpha value is -1.12. The zero-order valence-electron chi connectivity index (χ0n) is 11.9. The molecule has 1 aromatic heterocycles. The number of rotatable bonds is 2. The number of nitrogens with two attached hydrogens (primary N) is 1. The lowest BCUT2D eigenvalue weighted by Crippen LogP contribution is -2.04. The van der Waals surface area contributed by atoms with E-state index in [1.807, 2.05) is 41.5 Å². The standard InChI is InChI=1S/C9H15N3.2C2H6/c1-4-5-8-6(2)11-9(10)12-7(8)3;2*1-2/h4-5H2,1-3H3,(H2,10,11,12);2*1-2H3. The van der Waals surface area contributed by atoms with Crippen molar-refractivity contribution in [3.05, 3.63) is 17.0 Å². The largest absolute Gasteiger partial charge is 0.368 e. The Morgan fingerprint density at radius 1 is 0.938 bits per heavy atom. The van der Waals surface area contributed by atoms with E-state index in [4.69, 9.17) is 5.73 Å². The average molecular weight is 225 g/mol. The highest BCUT2D eigenvalue weighted by molar-refractivity contribution is 5.30. The molecule has 1 rings (SSSR count). The first kappa shape index (κ1) is 17.3. The zero-order chi connectivity index (χ0) is 13.1. The van der Waals surface area contributed by atoms with Gasteiger partial charge in [-0.1, -0.05) is 41.0 Å². The summed E-state index contributed by atoms with van der Waals surface area (Å²) in [7, 11) is 0. The molecule has 0 aromatic carbocycles. The molecule has 3 nitrogen and oxygen atoms in total. The Morgan fingerprint density at radius 3 is 1.62 bits per heavy atom. The summed E-state index contributed by atoms with van der Waals surface area (Å²) >= 11 is 0. The van der Waals surface area contributed by atoms with Crippen molar-refractivity contribution in [1.29, 1.82) is 0 Å². The van der Waals surface area contributed by atoms with Crippen LogP contribution >= 0.6 is 0 Å². The van der Waals surface area contributed by atoms with Gasteiger partial charge in [0.25, 0.3) is 0 Å². The van der Waals surface area contributed by atoms with Crippen LogP contribution in [0.25, 0.3) is 0 Å². The van der Waals surface area contributed by atoms with Crippen molar-refractivity contribution in [3.8, 4) is 0 Å². The van der Waals surface area contributed by atoms with Crippen LogP contribution in [-0.2, 0) is 6.42 Å². The molecule has 16 heavy (non-hydrogen) atoms. The molecule has 0 saturated carbocycles. The van der Waals surface area contributed by atoms with Crippen LogP contribution < -0.4 is 5.73 Å². The van der Waals surface area contributed by atoms with E-state index in [2.05, 4.69) is 16.9 Å². The van der Waals surface area contributed by atoms with Crippen LogP contribution in [0.4, 0.5) is 5.95 Å². The topological polar surface area (TPSA) is 51.8 Å². The van der Waals surface area contributed by atoms with Crippen molar-refractivity contribution in [3.63, 3.8) is 0 Å². The predicted molar refractivity (Wildman–Crippen MR) is 72.6 cm³/mol. The van der Waals surface area contributed by atoms with Crippen LogP contribution in [0.1, 0.15) is 58.0 Å². The highest BCUT2D eigenvalue weighted by Crippen LogP contribution is 2.12. The number of aryl methyl sites for hydroxylation is 2. The van der Waals surface area contributed by atoms with Crippen molar-refractivity contribution in [2.75, 3.05) is 5.73 Å². The molecule has 1 aromatic rings. The Balaban J connectivity index is 0. The molecule has 0 aliphatic rings. The molecule has 0 saturated heterocycles. The number of anilines is 1. The molecule has 0 unspecified atom stereocenters. The summed E-state index contributed by atoms with van der Waals surface area (Å²) in [4.78, 5) is 8.24. The lowest BCUT2D eigenvalue weighted by atomic mass is 10.1. The lowest BCUT2D eigenvalue weighted by molar-refractivity contribution is 0.868. The number of nitrogens with zero attached hydrogens (tertiary/aromatic N) is 2. The van der Waals surface area contributed by atoms with Gasteiger partial charge in [0.05, 0.1) is 0 Å². The lowest BCUT2D eigenvalue weighted by Gasteiger charge is -2.07. The van der Waals surface area contributed by atoms with Crippen molar-refractivity contribution in [2.24, 2.45) is 0 Å². The maximum absolute atomic E-state index is 5.50. The highest BCUT2D eigenvalue weighted by atomic mass is 15.0. The van der Waals surface area contributed by atoms with Gasteiger partial charge in [0.1, 0.15) is 0 Å². The van der Waals surface area contributed by atoms with Gasteiger partial charge in [-0.2, -0.15) is 0 Å². The van der Waals surface area contributed by atoms with Crippen LogP contribution in [-0.4, -0.2) is 9.97 Å². The smallest absolute Gasteiger partial charge is 0.220 e. The van der Waals surface area contributed by atoms with E-state index >= 15 is 0 Å². The molecule has 1 heterocycles. The maximum atomic E-state index is 5.50. The normalized spacial score (nSPS) is 8.44. The molecule has 0 radical (unpaired) electrons. The summed E-state index contributed by atoms with van der Waals surface area (Å²) in [6.45, 7) is 14.1. The van der Waals surface area contributed by atoms with E-state index in [1.165, 1.54) is 5.56 Å². The summed E-state index contributed by atoms with van der Waals surface area (Å²) in [5.74, 6) is 0.379. The van der Waals surface area contributed by atoms with Gasteiger partial charge < -0.3 is 5.73 Å². The fraction of sp³-hybridized carbons (Fsp3) is 0.692. The first-order valence-electron chi connectivity index (χ1n) is 6.24. The zero-order valence-corrected chi connectivity index (χ0v) is 11.9. The van der Waals surface area contributed by atoms with Gasteiger partial charge in [0, 0.05) is 11.4 Å². The van der Waals surface area contributed by atoms with Crippen molar-refractivity contribution in [2.45, 2.75) is 61.3 Å². The summed E-state index contributed by atoms with van der Waals surface area (Å²) in [6, 6.07) is 0. The second-order valence-corrected chi connectivity index (χ2v) is 2.98. The molecule has 0 fully saturated rings. The molecular weight excluding hydrogens is 198 g/mol. The minimum absolute atomic E-state index is 0.379. The second-order valence-electron chi connectivity index (χ2n) is 2.98. The minimum atomic E-state index is 0.379. The second kappa shape index (κ2) is 10.4. The van der Waals surface area contributed by atoms with E-state index in [1.54, 1.807) is 0 Å². The molecule has 3 heteroatoms. The fourth-order valence-electron chi connectivity index (χ4n) is 1.38. The Kier molecular flexibility index (Phi) is 11.2. The molecule has 2 N–H and O–H groups in total. The van der Waals surface area contributed by atoms with Gasteiger partial charge in [-0.25, -0.2) is 9.97 Å². The van der Waals surface area contributed by atoms with Gasteiger partial charge >= 0.3 is 0 Å². The Morgan fingerprint density at radius 2 is 1.31 bits per heavy atom. The average Bonchev–Trinajstić information content (AvgIpc) is 2.29. The van der Waals surface area contributed by atoms with Gasteiger partial charge in [0.15, 0.2) is 0 Å². The third-order valence-corrected chi connectivity index (χ3v) is 1.94. The van der Waals surface area contributed by atoms with Crippen LogP contribution in [0.5, 0.6) is 0 Å². The number of hydrogen-bond acceptors (Lipinski definition) is 3. The fourth-order valence-corrected chi connectivity index (χ4v) is 1.38. The quantitative estimate of drug-likeness (QED) is 0.835. The van der Waals surface area contributed by atoms with E-state index in [0.717, 1.165) is 24.2 Å². The predicted octanol–water partition coefficient (Wildman–Crippen LogP) is 3.68. The number of nitrogen functional groups attached to an aromatic ring is 1. The molecule has 0 amide bonds. The molecular formula is C13H27N3. The summed E-state index contributed by atoms with van der Waals surface area (Å²) < 4.78 is 0. The summed E-state index contributed by atoms with van der Waals surface area (Å²) in [5.41, 5.74) is 8.78. The van der Waals surface area contributed by atoms with Crippen molar-refractivity contribution < 1.29 is 0 Å². The molecule has 94 valence electrons. The number of aromatic nitrogens is 2. The van der Waals surface area contributed by atoms with E-state index < -0.39 is 0 Å². The summed E-state index contributed by atoms with van der Waals surface area (Å²) in [6.07, 6.45) is 2.16. The third kappa shape index (κ3) is 5.69. The number of hydrogen-bond donors (Lipinski definition) is 1. The van der Waals surface area contributed by atoms with Gasteiger partial charge in [0.2, 0.25) is 5.95 Å². The van der Waals surface area contributed by atoms with E-state index in [9.17, 15) is 0 Å². The first-order valence-corrected chi connectivity index (χ1v) is 6.24. The van der Waals surface area contributed by atoms with Gasteiger partial charge in [-0.3, -0.25) is 0 Å². The first-order chi connectivity index (χ1) is 7.65. The van der Waals surface area contributed by atoms with Crippen LogP contribution in [0.15, 0.2) is 0 Å². The Bertz CT molecular complexity index is 260. The van der Waals surface area contributed by atoms with E-state index in [0.29, 0.717) is 5.95 Å². The summed E-state index contributed by atoms with van der Waals surface area (Å²) in [5, 5.41) is 0. The molecule has 0 spiro atoms. The van der Waals surface area contributed by atoms with E-state index in [-0.39, 0.29) is 0 Å². The molecule has 0 atom stereocenters. The van der Waals surface area contributed by atoms with Crippen LogP contribution in [0.2, 0.25) is 0 Å². The van der Waals surface area contributed by atoms with Crippen LogP contribution in [0, 0.1) is 13.8 Å². The van der Waals surface area contributed by atoms with Crippen molar-refractivity contribution in [1.82, 2.24) is 9.97 Å². The van der Waals surface area contributed by atoms with Gasteiger partial charge in [-0.05, 0) is 25.8 Å².